The number of alkyl halides is 3. The monoisotopic (exact) mass is 377 g/mol. The molecule has 0 aliphatic carbocycles. The maximum absolute atomic E-state index is 13.0. The van der Waals surface area contributed by atoms with Crippen molar-refractivity contribution >= 4 is 23.3 Å². The van der Waals surface area contributed by atoms with E-state index in [9.17, 15) is 22.8 Å². The lowest BCUT2D eigenvalue weighted by atomic mass is 10.1. The molecular weight excluding hydrogens is 359 g/mol. The van der Waals surface area contributed by atoms with E-state index in [1.807, 2.05) is 24.3 Å². The summed E-state index contributed by atoms with van der Waals surface area (Å²) in [5, 5.41) is 4.58. The number of carbonyl (C=O) groups excluding carboxylic acids is 2. The van der Waals surface area contributed by atoms with Gasteiger partial charge in [-0.2, -0.15) is 13.2 Å². The maximum Gasteiger partial charge on any atom is 0.418 e. The van der Waals surface area contributed by atoms with Gasteiger partial charge in [0.1, 0.15) is 6.04 Å². The number of hydrogen-bond donors (Lipinski definition) is 2. The van der Waals surface area contributed by atoms with Crippen LogP contribution in [0.2, 0.25) is 0 Å². The molecule has 0 unspecified atom stereocenters. The zero-order valence-electron chi connectivity index (χ0n) is 14.5. The van der Waals surface area contributed by atoms with Gasteiger partial charge in [-0.25, -0.2) is 4.79 Å². The zero-order valence-corrected chi connectivity index (χ0v) is 14.5. The number of nitrogens with zero attached hydrogens (tertiary/aromatic N) is 1. The first-order valence-corrected chi connectivity index (χ1v) is 8.40. The van der Waals surface area contributed by atoms with Crippen molar-refractivity contribution in [1.29, 1.82) is 0 Å². The molecule has 2 aromatic rings. The van der Waals surface area contributed by atoms with E-state index in [4.69, 9.17) is 0 Å². The molecule has 1 atom stereocenters. The largest absolute Gasteiger partial charge is 0.418 e. The molecule has 2 aromatic carbocycles. The summed E-state index contributed by atoms with van der Waals surface area (Å²) in [6.45, 7) is 2.00. The fourth-order valence-corrected chi connectivity index (χ4v) is 3.06. The minimum Gasteiger partial charge on any atom is -0.326 e. The van der Waals surface area contributed by atoms with Crippen LogP contribution in [0.1, 0.15) is 18.1 Å². The Morgan fingerprint density at radius 3 is 2.48 bits per heavy atom. The van der Waals surface area contributed by atoms with E-state index in [1.165, 1.54) is 19.1 Å². The third-order valence-electron chi connectivity index (χ3n) is 4.35. The highest BCUT2D eigenvalue weighted by atomic mass is 19.4. The zero-order chi connectivity index (χ0) is 19.6. The fourth-order valence-electron chi connectivity index (χ4n) is 3.06. The molecule has 1 aliphatic rings. The number of urea groups is 1. The van der Waals surface area contributed by atoms with Crippen molar-refractivity contribution in [2.45, 2.75) is 25.6 Å². The highest BCUT2D eigenvalue weighted by Crippen LogP contribution is 2.34. The number of amides is 3. The Balaban J connectivity index is 1.66. The predicted molar refractivity (Wildman–Crippen MR) is 95.6 cm³/mol. The molecule has 0 aromatic heterocycles. The molecule has 3 rings (SSSR count). The SMILES string of the molecule is C[C@@H](NC(=O)Nc1ccccc1C(F)(F)F)C(=O)N1CCc2ccccc21. The second-order valence-corrected chi connectivity index (χ2v) is 6.23. The van der Waals surface area contributed by atoms with Gasteiger partial charge in [-0.3, -0.25) is 4.79 Å². The lowest BCUT2D eigenvalue weighted by Gasteiger charge is -2.23. The first-order valence-electron chi connectivity index (χ1n) is 8.40. The number of rotatable bonds is 3. The lowest BCUT2D eigenvalue weighted by molar-refractivity contribution is -0.137. The van der Waals surface area contributed by atoms with E-state index in [2.05, 4.69) is 10.6 Å². The molecule has 2 N–H and O–H groups in total. The van der Waals surface area contributed by atoms with Gasteiger partial charge in [0.05, 0.1) is 11.3 Å². The molecule has 0 fully saturated rings. The first-order chi connectivity index (χ1) is 12.8. The maximum atomic E-state index is 13.0. The van der Waals surface area contributed by atoms with Crippen LogP contribution in [-0.2, 0) is 17.4 Å². The van der Waals surface area contributed by atoms with Gasteiger partial charge < -0.3 is 15.5 Å². The highest BCUT2D eigenvalue weighted by molar-refractivity contribution is 6.01. The Morgan fingerprint density at radius 1 is 1.07 bits per heavy atom. The van der Waals surface area contributed by atoms with Crippen molar-refractivity contribution in [3.05, 3.63) is 59.7 Å². The Labute approximate surface area is 154 Å². The second kappa shape index (κ2) is 7.30. The van der Waals surface area contributed by atoms with E-state index in [0.717, 1.165) is 29.8 Å². The molecule has 5 nitrogen and oxygen atoms in total. The van der Waals surface area contributed by atoms with Crippen molar-refractivity contribution in [2.24, 2.45) is 0 Å². The molecule has 0 bridgehead atoms. The van der Waals surface area contributed by atoms with Crippen LogP contribution in [0.4, 0.5) is 29.3 Å². The molecule has 142 valence electrons. The standard InChI is InChI=1S/C19H18F3N3O2/c1-12(17(26)25-11-10-13-6-2-5-9-16(13)25)23-18(27)24-15-8-4-3-7-14(15)19(20,21)22/h2-9,12H,10-11H2,1H3,(H2,23,24,27)/t12-/m1/s1. The molecule has 0 saturated carbocycles. The predicted octanol–water partition coefficient (Wildman–Crippen LogP) is 3.80. The molecule has 3 amide bonds. The van der Waals surface area contributed by atoms with E-state index < -0.39 is 23.8 Å². The van der Waals surface area contributed by atoms with E-state index in [1.54, 1.807) is 4.90 Å². The Bertz CT molecular complexity index is 867. The lowest BCUT2D eigenvalue weighted by Crippen LogP contribution is -2.48. The Morgan fingerprint density at radius 2 is 1.74 bits per heavy atom. The number of fused-ring (bicyclic) bond motifs is 1. The molecular formula is C19H18F3N3O2. The number of halogens is 3. The van der Waals surface area contributed by atoms with Crippen LogP contribution in [0.3, 0.4) is 0 Å². The van der Waals surface area contributed by atoms with Crippen LogP contribution in [-0.4, -0.2) is 24.5 Å². The van der Waals surface area contributed by atoms with Gasteiger partial charge >= 0.3 is 12.2 Å². The number of anilines is 2. The van der Waals surface area contributed by atoms with Gasteiger partial charge in [-0.05, 0) is 37.1 Å². The van der Waals surface area contributed by atoms with E-state index in [0.29, 0.717) is 6.54 Å². The van der Waals surface area contributed by atoms with Gasteiger partial charge in [-0.15, -0.1) is 0 Å². The average Bonchev–Trinajstić information content (AvgIpc) is 3.04. The Hall–Kier alpha value is -3.03. The average molecular weight is 377 g/mol. The minimum atomic E-state index is -4.59. The summed E-state index contributed by atoms with van der Waals surface area (Å²) >= 11 is 0. The number of hydrogen-bond acceptors (Lipinski definition) is 2. The van der Waals surface area contributed by atoms with Crippen molar-refractivity contribution in [2.75, 3.05) is 16.8 Å². The number of nitrogens with one attached hydrogen (secondary N) is 2. The number of carbonyl (C=O) groups is 2. The normalized spacial score (nSPS) is 14.4. The third-order valence-corrected chi connectivity index (χ3v) is 4.35. The van der Waals surface area contributed by atoms with Crippen LogP contribution >= 0.6 is 0 Å². The smallest absolute Gasteiger partial charge is 0.326 e. The highest BCUT2D eigenvalue weighted by Gasteiger charge is 2.34. The van der Waals surface area contributed by atoms with Gasteiger partial charge in [0.15, 0.2) is 0 Å². The molecule has 8 heteroatoms. The quantitative estimate of drug-likeness (QED) is 0.855. The summed E-state index contributed by atoms with van der Waals surface area (Å²) in [6.07, 6.45) is -3.87. The topological polar surface area (TPSA) is 61.4 Å². The summed E-state index contributed by atoms with van der Waals surface area (Å²) in [5.41, 5.74) is 0.516. The molecule has 0 spiro atoms. The van der Waals surface area contributed by atoms with E-state index >= 15 is 0 Å². The summed E-state index contributed by atoms with van der Waals surface area (Å²) in [5.74, 6) is -0.320. The van der Waals surface area contributed by atoms with Gasteiger partial charge in [0.2, 0.25) is 5.91 Å². The van der Waals surface area contributed by atoms with Crippen molar-refractivity contribution in [1.82, 2.24) is 5.32 Å². The molecule has 27 heavy (non-hydrogen) atoms. The third kappa shape index (κ3) is 4.05. The van der Waals surface area contributed by atoms with Gasteiger partial charge in [0.25, 0.3) is 0 Å². The number of benzene rings is 2. The Kier molecular flexibility index (Phi) is 5.07. The van der Waals surface area contributed by atoms with Crippen LogP contribution in [0.15, 0.2) is 48.5 Å². The summed E-state index contributed by atoms with van der Waals surface area (Å²) in [6, 6.07) is 10.4. The van der Waals surface area contributed by atoms with Crippen LogP contribution in [0, 0.1) is 0 Å². The summed E-state index contributed by atoms with van der Waals surface area (Å²) in [7, 11) is 0. The molecule has 1 heterocycles. The van der Waals surface area contributed by atoms with Gasteiger partial charge in [-0.1, -0.05) is 30.3 Å². The summed E-state index contributed by atoms with van der Waals surface area (Å²) in [4.78, 5) is 26.3. The van der Waals surface area contributed by atoms with Crippen molar-refractivity contribution in [3.8, 4) is 0 Å². The first kappa shape index (κ1) is 18.8. The summed E-state index contributed by atoms with van der Waals surface area (Å²) < 4.78 is 39.0. The molecule has 0 radical (unpaired) electrons. The van der Waals surface area contributed by atoms with Crippen LogP contribution in [0.5, 0.6) is 0 Å². The van der Waals surface area contributed by atoms with E-state index in [-0.39, 0.29) is 11.6 Å². The van der Waals surface area contributed by atoms with Gasteiger partial charge in [0, 0.05) is 12.2 Å². The molecule has 1 aliphatic heterocycles. The van der Waals surface area contributed by atoms with Crippen LogP contribution < -0.4 is 15.5 Å². The number of para-hydroxylation sites is 2. The second-order valence-electron chi connectivity index (χ2n) is 6.23. The van der Waals surface area contributed by atoms with Crippen LogP contribution in [0.25, 0.3) is 0 Å². The van der Waals surface area contributed by atoms with Crippen molar-refractivity contribution in [3.63, 3.8) is 0 Å². The minimum absolute atomic E-state index is 0.320. The van der Waals surface area contributed by atoms with Crippen molar-refractivity contribution < 1.29 is 22.8 Å². The molecule has 0 saturated heterocycles. The fraction of sp³-hybridized carbons (Fsp3) is 0.263.